The highest BCUT2D eigenvalue weighted by Gasteiger charge is 2.29. The van der Waals surface area contributed by atoms with Crippen LogP contribution in [-0.4, -0.2) is 7.05 Å². The molecule has 0 saturated carbocycles. The maximum Gasteiger partial charge on any atom is 0.130 e. The zero-order valence-electron chi connectivity index (χ0n) is 11.1. The van der Waals surface area contributed by atoms with E-state index in [2.05, 4.69) is 21.2 Å². The number of halogens is 2. The third-order valence-electron chi connectivity index (χ3n) is 3.67. The lowest BCUT2D eigenvalue weighted by Crippen LogP contribution is -2.27. The van der Waals surface area contributed by atoms with Crippen molar-refractivity contribution >= 4 is 15.9 Å². The van der Waals surface area contributed by atoms with E-state index in [0.717, 1.165) is 15.8 Å². The molecule has 2 aromatic carbocycles. The second kappa shape index (κ2) is 5.54. The molecule has 4 heteroatoms. The summed E-state index contributed by atoms with van der Waals surface area (Å²) in [6, 6.07) is 13.0. The minimum atomic E-state index is -0.278. The van der Waals surface area contributed by atoms with Gasteiger partial charge in [-0.15, -0.1) is 0 Å². The normalized spacial score (nSPS) is 21.1. The van der Waals surface area contributed by atoms with Crippen molar-refractivity contribution < 1.29 is 9.13 Å². The molecule has 3 rings (SSSR count). The average Bonchev–Trinajstić information content (AvgIpc) is 2.48. The first-order chi connectivity index (χ1) is 9.69. The Morgan fingerprint density at radius 2 is 2.00 bits per heavy atom. The van der Waals surface area contributed by atoms with E-state index in [1.165, 1.54) is 6.07 Å². The number of hydrogen-bond acceptors (Lipinski definition) is 2. The maximum absolute atomic E-state index is 14.0. The highest BCUT2D eigenvalue weighted by molar-refractivity contribution is 9.10. The van der Waals surface area contributed by atoms with E-state index in [0.29, 0.717) is 12.0 Å². The Balaban J connectivity index is 2.00. The lowest BCUT2D eigenvalue weighted by molar-refractivity contribution is 0.150. The molecule has 0 bridgehead atoms. The van der Waals surface area contributed by atoms with Gasteiger partial charge in [0.25, 0.3) is 0 Å². The number of hydrogen-bond donors (Lipinski definition) is 1. The van der Waals surface area contributed by atoms with Gasteiger partial charge in [-0.05, 0) is 31.3 Å². The zero-order chi connectivity index (χ0) is 14.1. The summed E-state index contributed by atoms with van der Waals surface area (Å²) in [5.74, 6) is 0.593. The fourth-order valence-corrected chi connectivity index (χ4v) is 3.02. The van der Waals surface area contributed by atoms with Crippen LogP contribution in [0.1, 0.15) is 29.7 Å². The maximum atomic E-state index is 14.0. The Morgan fingerprint density at radius 3 is 2.80 bits per heavy atom. The molecule has 0 radical (unpaired) electrons. The van der Waals surface area contributed by atoms with Gasteiger partial charge in [-0.3, -0.25) is 0 Å². The fourth-order valence-electron chi connectivity index (χ4n) is 2.64. The van der Waals surface area contributed by atoms with E-state index < -0.39 is 0 Å². The number of ether oxygens (including phenoxy) is 1. The van der Waals surface area contributed by atoms with Gasteiger partial charge >= 0.3 is 0 Å². The van der Waals surface area contributed by atoms with Gasteiger partial charge in [-0.2, -0.15) is 0 Å². The second-order valence-electron chi connectivity index (χ2n) is 4.89. The standard InChI is InChI=1S/C16H15BrFNO/c1-19-14-9-16(12-8-10(17)6-7-13(12)18)20-15-5-3-2-4-11(14)15/h2-8,14,16,19H,9H2,1H3. The van der Waals surface area contributed by atoms with E-state index in [1.807, 2.05) is 31.3 Å². The van der Waals surface area contributed by atoms with Crippen molar-refractivity contribution in [3.63, 3.8) is 0 Å². The molecule has 20 heavy (non-hydrogen) atoms. The number of rotatable bonds is 2. The molecule has 0 spiro atoms. The van der Waals surface area contributed by atoms with E-state index in [4.69, 9.17) is 4.74 Å². The van der Waals surface area contributed by atoms with Gasteiger partial charge in [-0.25, -0.2) is 4.39 Å². The molecule has 0 aliphatic carbocycles. The molecule has 2 atom stereocenters. The van der Waals surface area contributed by atoms with Crippen LogP contribution in [0.25, 0.3) is 0 Å². The quantitative estimate of drug-likeness (QED) is 0.879. The summed E-state index contributed by atoms with van der Waals surface area (Å²) >= 11 is 3.39. The van der Waals surface area contributed by atoms with Crippen molar-refractivity contribution in [3.8, 4) is 5.75 Å². The molecule has 2 nitrogen and oxygen atoms in total. The number of fused-ring (bicyclic) bond motifs is 1. The van der Waals surface area contributed by atoms with E-state index in [1.54, 1.807) is 12.1 Å². The van der Waals surface area contributed by atoms with Crippen LogP contribution in [0, 0.1) is 5.82 Å². The van der Waals surface area contributed by atoms with E-state index in [-0.39, 0.29) is 18.0 Å². The Hall–Kier alpha value is -1.39. The van der Waals surface area contributed by atoms with E-state index >= 15 is 0 Å². The summed E-state index contributed by atoms with van der Waals surface area (Å²) < 4.78 is 20.9. The Labute approximate surface area is 126 Å². The molecule has 0 aromatic heterocycles. The lowest BCUT2D eigenvalue weighted by atomic mass is 9.93. The second-order valence-corrected chi connectivity index (χ2v) is 5.80. The number of nitrogens with one attached hydrogen (secondary N) is 1. The van der Waals surface area contributed by atoms with Gasteiger partial charge < -0.3 is 10.1 Å². The summed E-state index contributed by atoms with van der Waals surface area (Å²) in [5, 5.41) is 3.28. The van der Waals surface area contributed by atoms with Crippen LogP contribution in [0.4, 0.5) is 4.39 Å². The summed E-state index contributed by atoms with van der Waals surface area (Å²) in [7, 11) is 1.92. The molecule has 0 fully saturated rings. The SMILES string of the molecule is CNC1CC(c2cc(Br)ccc2F)Oc2ccccc21. The van der Waals surface area contributed by atoms with Gasteiger partial charge in [0, 0.05) is 28.1 Å². The van der Waals surface area contributed by atoms with Crippen molar-refractivity contribution in [1.29, 1.82) is 0 Å². The topological polar surface area (TPSA) is 21.3 Å². The molecule has 2 aromatic rings. The predicted octanol–water partition coefficient (Wildman–Crippen LogP) is 4.37. The number of benzene rings is 2. The molecular formula is C16H15BrFNO. The lowest BCUT2D eigenvalue weighted by Gasteiger charge is -2.32. The minimum Gasteiger partial charge on any atom is -0.485 e. The largest absolute Gasteiger partial charge is 0.485 e. The molecule has 1 aliphatic rings. The summed E-state index contributed by atoms with van der Waals surface area (Å²) in [6.07, 6.45) is 0.431. The molecule has 2 unspecified atom stereocenters. The van der Waals surface area contributed by atoms with Crippen LogP contribution in [-0.2, 0) is 0 Å². The molecule has 0 amide bonds. The molecule has 0 saturated heterocycles. The van der Waals surface area contributed by atoms with E-state index in [9.17, 15) is 4.39 Å². The van der Waals surface area contributed by atoms with Crippen LogP contribution >= 0.6 is 15.9 Å². The number of para-hydroxylation sites is 1. The highest BCUT2D eigenvalue weighted by atomic mass is 79.9. The Morgan fingerprint density at radius 1 is 1.20 bits per heavy atom. The van der Waals surface area contributed by atoms with Crippen LogP contribution < -0.4 is 10.1 Å². The van der Waals surface area contributed by atoms with Gasteiger partial charge in [0.15, 0.2) is 0 Å². The summed E-state index contributed by atoms with van der Waals surface area (Å²) in [6.45, 7) is 0. The zero-order valence-corrected chi connectivity index (χ0v) is 12.7. The predicted molar refractivity (Wildman–Crippen MR) is 80.3 cm³/mol. The summed E-state index contributed by atoms with van der Waals surface area (Å²) in [5.41, 5.74) is 1.72. The Kier molecular flexibility index (Phi) is 3.76. The molecular weight excluding hydrogens is 321 g/mol. The molecule has 1 heterocycles. The highest BCUT2D eigenvalue weighted by Crippen LogP contribution is 2.41. The van der Waals surface area contributed by atoms with Gasteiger partial charge in [0.1, 0.15) is 17.7 Å². The molecule has 104 valence electrons. The third kappa shape index (κ3) is 2.45. The Bertz CT molecular complexity index is 632. The van der Waals surface area contributed by atoms with Crippen LogP contribution in [0.3, 0.4) is 0 Å². The first-order valence-corrected chi connectivity index (χ1v) is 7.36. The molecule has 1 aliphatic heterocycles. The van der Waals surface area contributed by atoms with Gasteiger partial charge in [0.2, 0.25) is 0 Å². The minimum absolute atomic E-state index is 0.170. The van der Waals surface area contributed by atoms with Crippen LogP contribution in [0.2, 0.25) is 0 Å². The van der Waals surface area contributed by atoms with Crippen molar-refractivity contribution in [3.05, 3.63) is 63.9 Å². The van der Waals surface area contributed by atoms with Crippen molar-refractivity contribution in [1.82, 2.24) is 5.32 Å². The monoisotopic (exact) mass is 335 g/mol. The average molecular weight is 336 g/mol. The third-order valence-corrected chi connectivity index (χ3v) is 4.16. The molecule has 1 N–H and O–H groups in total. The van der Waals surface area contributed by atoms with Crippen molar-refractivity contribution in [2.24, 2.45) is 0 Å². The van der Waals surface area contributed by atoms with Gasteiger partial charge in [0.05, 0.1) is 0 Å². The first kappa shape index (κ1) is 13.6. The van der Waals surface area contributed by atoms with Crippen LogP contribution in [0.15, 0.2) is 46.9 Å². The van der Waals surface area contributed by atoms with Crippen molar-refractivity contribution in [2.45, 2.75) is 18.6 Å². The smallest absolute Gasteiger partial charge is 0.130 e. The first-order valence-electron chi connectivity index (χ1n) is 6.57. The van der Waals surface area contributed by atoms with Gasteiger partial charge in [-0.1, -0.05) is 34.1 Å². The summed E-state index contributed by atoms with van der Waals surface area (Å²) in [4.78, 5) is 0. The fraction of sp³-hybridized carbons (Fsp3) is 0.250. The van der Waals surface area contributed by atoms with Crippen molar-refractivity contribution in [2.75, 3.05) is 7.05 Å². The van der Waals surface area contributed by atoms with Crippen LogP contribution in [0.5, 0.6) is 5.75 Å².